The Morgan fingerprint density at radius 2 is 1.76 bits per heavy atom. The molecule has 2 fully saturated rings. The Hall–Kier alpha value is -2.44. The highest BCUT2D eigenvalue weighted by atomic mass is 15.4. The largest absolute Gasteiger partial charge is 0.355 e. The highest BCUT2D eigenvalue weighted by Gasteiger charge is 2.25. The van der Waals surface area contributed by atoms with Crippen LogP contribution in [0.4, 0.5) is 5.82 Å². The first-order valence-corrected chi connectivity index (χ1v) is 10.9. The number of hydrogen-bond acceptors (Lipinski definition) is 5. The Balaban J connectivity index is 1.35. The molecule has 4 heterocycles. The zero-order valence-electron chi connectivity index (χ0n) is 17.2. The molecule has 2 aromatic heterocycles. The molecule has 1 N–H and O–H groups in total. The molecule has 2 aliphatic rings. The minimum Gasteiger partial charge on any atom is -0.355 e. The fourth-order valence-electron chi connectivity index (χ4n) is 4.65. The van der Waals surface area contributed by atoms with Crippen LogP contribution in [0.5, 0.6) is 0 Å². The first-order chi connectivity index (χ1) is 14.3. The molecule has 2 saturated heterocycles. The fraction of sp³-hybridized carbons (Fsp3) is 0.478. The smallest absolute Gasteiger partial charge is 0.159 e. The minimum atomic E-state index is 0.802. The molecule has 5 rings (SSSR count). The van der Waals surface area contributed by atoms with E-state index in [4.69, 9.17) is 5.10 Å². The van der Waals surface area contributed by atoms with Crippen molar-refractivity contribution in [1.29, 1.82) is 0 Å². The molecular weight excluding hydrogens is 360 g/mol. The Morgan fingerprint density at radius 3 is 2.52 bits per heavy atom. The number of anilines is 1. The second-order valence-corrected chi connectivity index (χ2v) is 8.44. The summed E-state index contributed by atoms with van der Waals surface area (Å²) in [6, 6.07) is 10.7. The van der Waals surface area contributed by atoms with Crippen LogP contribution in [0.3, 0.4) is 0 Å². The van der Waals surface area contributed by atoms with Crippen LogP contribution in [0, 0.1) is 12.8 Å². The van der Waals surface area contributed by atoms with Gasteiger partial charge in [-0.15, -0.1) is 5.10 Å². The lowest BCUT2D eigenvalue weighted by atomic mass is 9.96. The zero-order valence-corrected chi connectivity index (χ0v) is 17.2. The normalized spacial score (nSPS) is 19.1. The van der Waals surface area contributed by atoms with Gasteiger partial charge in [0.1, 0.15) is 0 Å². The molecule has 29 heavy (non-hydrogen) atoms. The van der Waals surface area contributed by atoms with Gasteiger partial charge in [0.2, 0.25) is 0 Å². The van der Waals surface area contributed by atoms with E-state index in [1.807, 2.05) is 17.1 Å². The third-order valence-electron chi connectivity index (χ3n) is 6.38. The number of nitrogens with zero attached hydrogens (tertiary/aromatic N) is 5. The summed E-state index contributed by atoms with van der Waals surface area (Å²) in [5.74, 6) is 1.90. The van der Waals surface area contributed by atoms with Gasteiger partial charge in [0.15, 0.2) is 5.82 Å². The van der Waals surface area contributed by atoms with Gasteiger partial charge in [-0.1, -0.05) is 17.7 Å². The molecule has 0 amide bonds. The van der Waals surface area contributed by atoms with Crippen LogP contribution in [0.15, 0.2) is 42.7 Å². The second kappa shape index (κ2) is 8.13. The van der Waals surface area contributed by atoms with Gasteiger partial charge in [-0.2, -0.15) is 0 Å². The summed E-state index contributed by atoms with van der Waals surface area (Å²) >= 11 is 0. The number of rotatable bonds is 4. The molecule has 152 valence electrons. The van der Waals surface area contributed by atoms with Crippen molar-refractivity contribution in [3.63, 3.8) is 0 Å². The maximum atomic E-state index is 5.04. The third kappa shape index (κ3) is 3.87. The number of benzene rings is 1. The van der Waals surface area contributed by atoms with Crippen molar-refractivity contribution in [3.05, 3.63) is 48.3 Å². The van der Waals surface area contributed by atoms with Crippen molar-refractivity contribution in [2.45, 2.75) is 19.8 Å². The van der Waals surface area contributed by atoms with E-state index in [-0.39, 0.29) is 0 Å². The molecule has 0 radical (unpaired) electrons. The Morgan fingerprint density at radius 1 is 1.00 bits per heavy atom. The SMILES string of the molecule is Cc1ccc(-n2nc(N3CCC(CN4CCNCC4)CC3)c3ccncc32)cc1. The molecule has 6 heteroatoms. The molecule has 2 aliphatic heterocycles. The molecule has 1 aromatic carbocycles. The number of aromatic nitrogens is 3. The Labute approximate surface area is 172 Å². The number of hydrogen-bond donors (Lipinski definition) is 1. The van der Waals surface area contributed by atoms with Crippen molar-refractivity contribution in [2.24, 2.45) is 5.92 Å². The molecule has 0 saturated carbocycles. The summed E-state index contributed by atoms with van der Waals surface area (Å²) in [4.78, 5) is 9.46. The lowest BCUT2D eigenvalue weighted by molar-refractivity contribution is 0.190. The lowest BCUT2D eigenvalue weighted by Crippen LogP contribution is -2.47. The first kappa shape index (κ1) is 18.6. The lowest BCUT2D eigenvalue weighted by Gasteiger charge is -2.36. The summed E-state index contributed by atoms with van der Waals surface area (Å²) in [6.45, 7) is 10.2. The van der Waals surface area contributed by atoms with E-state index in [2.05, 4.69) is 57.4 Å². The van der Waals surface area contributed by atoms with Crippen molar-refractivity contribution in [1.82, 2.24) is 25.0 Å². The quantitative estimate of drug-likeness (QED) is 0.742. The number of aryl methyl sites for hydroxylation is 1. The van der Waals surface area contributed by atoms with E-state index in [9.17, 15) is 0 Å². The van der Waals surface area contributed by atoms with Crippen molar-refractivity contribution < 1.29 is 0 Å². The maximum absolute atomic E-state index is 5.04. The number of nitrogens with one attached hydrogen (secondary N) is 1. The van der Waals surface area contributed by atoms with Gasteiger partial charge in [-0.3, -0.25) is 4.98 Å². The summed E-state index contributed by atoms with van der Waals surface area (Å²) in [7, 11) is 0. The topological polar surface area (TPSA) is 49.2 Å². The summed E-state index contributed by atoms with van der Waals surface area (Å²) in [6.07, 6.45) is 6.30. The molecule has 3 aromatic rings. The van der Waals surface area contributed by atoms with Crippen LogP contribution in [0.25, 0.3) is 16.6 Å². The van der Waals surface area contributed by atoms with E-state index in [0.717, 1.165) is 49.1 Å². The molecule has 0 spiro atoms. The predicted octanol–water partition coefficient (Wildman–Crippen LogP) is 2.85. The van der Waals surface area contributed by atoms with Gasteiger partial charge < -0.3 is 15.1 Å². The van der Waals surface area contributed by atoms with Crippen LogP contribution in [0.1, 0.15) is 18.4 Å². The molecule has 0 aliphatic carbocycles. The van der Waals surface area contributed by atoms with E-state index in [0.29, 0.717) is 0 Å². The summed E-state index contributed by atoms with van der Waals surface area (Å²) < 4.78 is 2.05. The molecule has 0 unspecified atom stereocenters. The average molecular weight is 391 g/mol. The standard InChI is InChI=1S/C23H30N6/c1-18-2-4-20(5-3-18)29-22-16-25-9-6-21(22)23(26-29)28-12-7-19(8-13-28)17-27-14-10-24-11-15-27/h2-6,9,16,19,24H,7-8,10-15,17H2,1H3. The maximum Gasteiger partial charge on any atom is 0.159 e. The monoisotopic (exact) mass is 390 g/mol. The molecule has 0 bridgehead atoms. The first-order valence-electron chi connectivity index (χ1n) is 10.9. The van der Waals surface area contributed by atoms with Gasteiger partial charge in [0, 0.05) is 57.4 Å². The van der Waals surface area contributed by atoms with Crippen LogP contribution in [0.2, 0.25) is 0 Å². The van der Waals surface area contributed by atoms with Gasteiger partial charge >= 0.3 is 0 Å². The summed E-state index contributed by atoms with van der Waals surface area (Å²) in [5, 5.41) is 9.68. The number of piperazine rings is 1. The van der Waals surface area contributed by atoms with E-state index >= 15 is 0 Å². The Kier molecular flexibility index (Phi) is 5.21. The molecular formula is C23H30N6. The fourth-order valence-corrected chi connectivity index (χ4v) is 4.65. The molecule has 0 atom stereocenters. The average Bonchev–Trinajstić information content (AvgIpc) is 3.15. The van der Waals surface area contributed by atoms with Crippen molar-refractivity contribution in [3.8, 4) is 5.69 Å². The Bertz CT molecular complexity index is 949. The van der Waals surface area contributed by atoms with Crippen molar-refractivity contribution >= 4 is 16.7 Å². The van der Waals surface area contributed by atoms with Crippen LogP contribution in [-0.4, -0.2) is 65.5 Å². The highest BCUT2D eigenvalue weighted by Crippen LogP contribution is 2.31. The zero-order chi connectivity index (χ0) is 19.6. The predicted molar refractivity (Wildman–Crippen MR) is 118 cm³/mol. The van der Waals surface area contributed by atoms with Gasteiger partial charge in [-0.25, -0.2) is 4.68 Å². The number of pyridine rings is 1. The van der Waals surface area contributed by atoms with E-state index in [1.54, 1.807) is 0 Å². The molecule has 6 nitrogen and oxygen atoms in total. The second-order valence-electron chi connectivity index (χ2n) is 8.44. The van der Waals surface area contributed by atoms with E-state index < -0.39 is 0 Å². The van der Waals surface area contributed by atoms with Crippen LogP contribution in [-0.2, 0) is 0 Å². The van der Waals surface area contributed by atoms with Gasteiger partial charge in [0.05, 0.1) is 17.4 Å². The minimum absolute atomic E-state index is 0.802. The number of piperidine rings is 1. The van der Waals surface area contributed by atoms with Gasteiger partial charge in [-0.05, 0) is 43.9 Å². The van der Waals surface area contributed by atoms with Crippen LogP contribution >= 0.6 is 0 Å². The van der Waals surface area contributed by atoms with Gasteiger partial charge in [0.25, 0.3) is 0 Å². The third-order valence-corrected chi connectivity index (χ3v) is 6.38. The van der Waals surface area contributed by atoms with Crippen molar-refractivity contribution in [2.75, 3.05) is 50.7 Å². The summed E-state index contributed by atoms with van der Waals surface area (Å²) in [5.41, 5.74) is 3.43. The van der Waals surface area contributed by atoms with E-state index in [1.165, 1.54) is 43.4 Å². The van der Waals surface area contributed by atoms with Crippen LogP contribution < -0.4 is 10.2 Å². The highest BCUT2D eigenvalue weighted by molar-refractivity contribution is 5.91. The number of fused-ring (bicyclic) bond motifs is 1.